The first-order chi connectivity index (χ1) is 12.5. The van der Waals surface area contributed by atoms with Crippen molar-refractivity contribution in [1.29, 1.82) is 0 Å². The number of nitrogens with one attached hydrogen (secondary N) is 1. The van der Waals surface area contributed by atoms with Crippen LogP contribution in [-0.2, 0) is 4.79 Å². The molecule has 0 atom stereocenters. The van der Waals surface area contributed by atoms with Gasteiger partial charge in [0.25, 0.3) is 5.91 Å². The van der Waals surface area contributed by atoms with Gasteiger partial charge in [0.1, 0.15) is 22.7 Å². The Balaban J connectivity index is 1.72. The summed E-state index contributed by atoms with van der Waals surface area (Å²) in [4.78, 5) is 22.7. The molecule has 0 aliphatic heterocycles. The number of hydrogen-bond donors (Lipinski definition) is 1. The maximum atomic E-state index is 12.3. The van der Waals surface area contributed by atoms with Gasteiger partial charge in [0.15, 0.2) is 6.61 Å². The lowest BCUT2D eigenvalue weighted by Gasteiger charge is -2.10. The predicted octanol–water partition coefficient (Wildman–Crippen LogP) is 3.34. The van der Waals surface area contributed by atoms with E-state index in [4.69, 9.17) is 14.2 Å². The highest BCUT2D eigenvalue weighted by molar-refractivity contribution is 7.18. The fourth-order valence-electron chi connectivity index (χ4n) is 2.47. The number of amides is 1. The van der Waals surface area contributed by atoms with Crippen LogP contribution < -0.4 is 19.5 Å². The van der Waals surface area contributed by atoms with Crippen LogP contribution in [0.2, 0.25) is 0 Å². The number of aromatic nitrogens is 2. The largest absolute Gasteiger partial charge is 0.497 e. The molecular formula is C18H19N3O4S. The third-order valence-corrected chi connectivity index (χ3v) is 5.02. The van der Waals surface area contributed by atoms with Crippen LogP contribution in [0, 0.1) is 13.8 Å². The Bertz CT molecular complexity index is 933. The molecule has 0 fully saturated rings. The Labute approximate surface area is 154 Å². The number of methoxy groups -OCH3 is 2. The Hall–Kier alpha value is -2.87. The molecule has 1 aromatic carbocycles. The molecule has 0 saturated carbocycles. The summed E-state index contributed by atoms with van der Waals surface area (Å²) in [5, 5.41) is 3.62. The van der Waals surface area contributed by atoms with Gasteiger partial charge in [-0.05, 0) is 19.4 Å². The van der Waals surface area contributed by atoms with Gasteiger partial charge in [0, 0.05) is 28.8 Å². The molecule has 1 N–H and O–H groups in total. The van der Waals surface area contributed by atoms with Gasteiger partial charge in [-0.1, -0.05) is 0 Å². The van der Waals surface area contributed by atoms with Crippen molar-refractivity contribution >= 4 is 33.1 Å². The van der Waals surface area contributed by atoms with Gasteiger partial charge in [-0.3, -0.25) is 4.79 Å². The van der Waals surface area contributed by atoms with Gasteiger partial charge in [-0.25, -0.2) is 9.97 Å². The van der Waals surface area contributed by atoms with Crippen LogP contribution >= 0.6 is 11.3 Å². The average molecular weight is 373 g/mol. The highest BCUT2D eigenvalue weighted by Crippen LogP contribution is 2.33. The van der Waals surface area contributed by atoms with E-state index in [0.29, 0.717) is 23.1 Å². The molecule has 2 aromatic heterocycles. The first-order valence-electron chi connectivity index (χ1n) is 7.88. The third kappa shape index (κ3) is 3.70. The van der Waals surface area contributed by atoms with Crippen molar-refractivity contribution in [2.75, 3.05) is 26.1 Å². The van der Waals surface area contributed by atoms with Gasteiger partial charge in [-0.2, -0.15) is 0 Å². The minimum absolute atomic E-state index is 0.167. The summed E-state index contributed by atoms with van der Waals surface area (Å²) in [5.41, 5.74) is 1.63. The fourth-order valence-corrected chi connectivity index (χ4v) is 3.46. The van der Waals surface area contributed by atoms with Gasteiger partial charge in [0.2, 0.25) is 5.88 Å². The number of thiophene rings is 1. The molecule has 1 amide bonds. The molecule has 0 unspecified atom stereocenters. The number of carbonyl (C=O) groups excluding carboxylic acids is 1. The summed E-state index contributed by atoms with van der Waals surface area (Å²) >= 11 is 1.58. The van der Waals surface area contributed by atoms with E-state index in [9.17, 15) is 4.79 Å². The zero-order valence-corrected chi connectivity index (χ0v) is 15.8. The Morgan fingerprint density at radius 1 is 1.12 bits per heavy atom. The number of nitrogens with zero attached hydrogens (tertiary/aromatic N) is 2. The van der Waals surface area contributed by atoms with Gasteiger partial charge >= 0.3 is 0 Å². The Morgan fingerprint density at radius 2 is 1.81 bits per heavy atom. The van der Waals surface area contributed by atoms with Gasteiger partial charge in [-0.15, -0.1) is 11.3 Å². The third-order valence-electron chi connectivity index (χ3n) is 3.91. The molecule has 0 aliphatic carbocycles. The van der Waals surface area contributed by atoms with E-state index in [-0.39, 0.29) is 12.5 Å². The van der Waals surface area contributed by atoms with E-state index in [1.54, 1.807) is 43.8 Å². The zero-order valence-electron chi connectivity index (χ0n) is 15.0. The van der Waals surface area contributed by atoms with Crippen LogP contribution in [0.15, 0.2) is 24.5 Å². The summed E-state index contributed by atoms with van der Waals surface area (Å²) < 4.78 is 16.0. The molecule has 0 saturated heterocycles. The van der Waals surface area contributed by atoms with E-state index in [2.05, 4.69) is 15.3 Å². The van der Waals surface area contributed by atoms with Crippen molar-refractivity contribution < 1.29 is 19.0 Å². The molecule has 2 heterocycles. The molecule has 136 valence electrons. The summed E-state index contributed by atoms with van der Waals surface area (Å²) in [6.07, 6.45) is 1.44. The van der Waals surface area contributed by atoms with Gasteiger partial charge < -0.3 is 19.5 Å². The summed E-state index contributed by atoms with van der Waals surface area (Å²) in [7, 11) is 3.10. The van der Waals surface area contributed by atoms with Crippen molar-refractivity contribution in [2.45, 2.75) is 13.8 Å². The molecular weight excluding hydrogens is 354 g/mol. The topological polar surface area (TPSA) is 82.6 Å². The highest BCUT2D eigenvalue weighted by atomic mass is 32.1. The van der Waals surface area contributed by atoms with Crippen molar-refractivity contribution in [1.82, 2.24) is 9.97 Å². The van der Waals surface area contributed by atoms with Crippen LogP contribution in [0.4, 0.5) is 5.69 Å². The number of rotatable bonds is 6. The molecule has 3 aromatic rings. The lowest BCUT2D eigenvalue weighted by Crippen LogP contribution is -2.20. The SMILES string of the molecule is COc1cc(NC(=O)COc2ncnc3sc(C)c(C)c23)cc(OC)c1. The molecule has 0 spiro atoms. The summed E-state index contributed by atoms with van der Waals surface area (Å²) in [5.74, 6) is 1.27. The minimum atomic E-state index is -0.309. The molecule has 0 aliphatic rings. The first kappa shape index (κ1) is 17.9. The zero-order chi connectivity index (χ0) is 18.7. The maximum absolute atomic E-state index is 12.3. The second kappa shape index (κ2) is 7.57. The van der Waals surface area contributed by atoms with E-state index < -0.39 is 0 Å². The monoisotopic (exact) mass is 373 g/mol. The van der Waals surface area contributed by atoms with E-state index >= 15 is 0 Å². The highest BCUT2D eigenvalue weighted by Gasteiger charge is 2.14. The van der Waals surface area contributed by atoms with Crippen LogP contribution in [0.25, 0.3) is 10.2 Å². The lowest BCUT2D eigenvalue weighted by atomic mass is 10.2. The summed E-state index contributed by atoms with van der Waals surface area (Å²) in [6, 6.07) is 5.14. The smallest absolute Gasteiger partial charge is 0.262 e. The number of aryl methyl sites for hydroxylation is 2. The van der Waals surface area contributed by atoms with E-state index in [1.807, 2.05) is 13.8 Å². The van der Waals surface area contributed by atoms with Crippen molar-refractivity contribution in [3.8, 4) is 17.4 Å². The molecule has 0 radical (unpaired) electrons. The average Bonchev–Trinajstić information content (AvgIpc) is 2.94. The van der Waals surface area contributed by atoms with Crippen LogP contribution in [-0.4, -0.2) is 36.7 Å². The number of carbonyl (C=O) groups is 1. The van der Waals surface area contributed by atoms with Crippen molar-refractivity contribution in [2.24, 2.45) is 0 Å². The quantitative estimate of drug-likeness (QED) is 0.714. The number of benzene rings is 1. The number of fused-ring (bicyclic) bond motifs is 1. The minimum Gasteiger partial charge on any atom is -0.497 e. The number of anilines is 1. The molecule has 26 heavy (non-hydrogen) atoms. The number of hydrogen-bond acceptors (Lipinski definition) is 7. The predicted molar refractivity (Wildman–Crippen MR) is 101 cm³/mol. The van der Waals surface area contributed by atoms with Crippen molar-refractivity contribution in [3.63, 3.8) is 0 Å². The van der Waals surface area contributed by atoms with Crippen LogP contribution in [0.1, 0.15) is 10.4 Å². The maximum Gasteiger partial charge on any atom is 0.262 e. The molecule has 7 nitrogen and oxygen atoms in total. The number of ether oxygens (including phenoxy) is 3. The van der Waals surface area contributed by atoms with Crippen molar-refractivity contribution in [3.05, 3.63) is 35.0 Å². The Kier molecular flexibility index (Phi) is 5.22. The normalized spacial score (nSPS) is 10.6. The molecule has 0 bridgehead atoms. The second-order valence-electron chi connectivity index (χ2n) is 5.58. The molecule has 8 heteroatoms. The lowest BCUT2D eigenvalue weighted by molar-refractivity contribution is -0.118. The van der Waals surface area contributed by atoms with E-state index in [1.165, 1.54) is 6.33 Å². The van der Waals surface area contributed by atoms with Crippen LogP contribution in [0.3, 0.4) is 0 Å². The van der Waals surface area contributed by atoms with Crippen LogP contribution in [0.5, 0.6) is 17.4 Å². The standard InChI is InChI=1S/C18H19N3O4S/c1-10-11(2)26-18-16(10)17(19-9-20-18)25-8-15(22)21-12-5-13(23-3)7-14(6-12)24-4/h5-7,9H,8H2,1-4H3,(H,21,22). The molecule has 3 rings (SSSR count). The van der Waals surface area contributed by atoms with Gasteiger partial charge in [0.05, 0.1) is 19.6 Å². The fraction of sp³-hybridized carbons (Fsp3) is 0.278. The Morgan fingerprint density at radius 3 is 2.46 bits per heavy atom. The first-order valence-corrected chi connectivity index (χ1v) is 8.70. The summed E-state index contributed by atoms with van der Waals surface area (Å²) in [6.45, 7) is 3.85. The second-order valence-corrected chi connectivity index (χ2v) is 6.78. The van der Waals surface area contributed by atoms with E-state index in [0.717, 1.165) is 20.7 Å².